The highest BCUT2D eigenvalue weighted by Gasteiger charge is 2.37. The maximum Gasteiger partial charge on any atom is 0.224 e. The van der Waals surface area contributed by atoms with Gasteiger partial charge in [-0.1, -0.05) is 47.7 Å². The molecule has 0 N–H and O–H groups in total. The molecule has 1 aromatic heterocycles. The number of amides is 1. The van der Waals surface area contributed by atoms with E-state index in [4.69, 9.17) is 0 Å². The molecule has 0 radical (unpaired) electrons. The molecule has 1 aliphatic rings. The van der Waals surface area contributed by atoms with Gasteiger partial charge in [0.15, 0.2) is 0 Å². The van der Waals surface area contributed by atoms with E-state index >= 15 is 0 Å². The first-order valence-corrected chi connectivity index (χ1v) is 7.92. The molecule has 0 aliphatic carbocycles. The van der Waals surface area contributed by atoms with Crippen LogP contribution in [0.3, 0.4) is 0 Å². The second kappa shape index (κ2) is 5.50. The number of nitrogens with zero attached hydrogens (tertiary/aromatic N) is 4. The topological polar surface area (TPSA) is 51.0 Å². The third-order valence-electron chi connectivity index (χ3n) is 4.58. The summed E-state index contributed by atoms with van der Waals surface area (Å²) in [7, 11) is 0. The summed E-state index contributed by atoms with van der Waals surface area (Å²) in [6, 6.07) is 18.0. The van der Waals surface area contributed by atoms with Crippen molar-refractivity contribution in [3.05, 3.63) is 60.2 Å². The molecule has 0 saturated carbocycles. The van der Waals surface area contributed by atoms with Crippen LogP contribution in [-0.4, -0.2) is 25.8 Å². The summed E-state index contributed by atoms with van der Waals surface area (Å²) in [4.78, 5) is 14.4. The van der Waals surface area contributed by atoms with Crippen LogP contribution in [0, 0.1) is 0 Å². The SMILES string of the molecule is C[C@@H](c1ccccc1)N1C(=O)CCC1n1nnc2ccccc21. The highest BCUT2D eigenvalue weighted by molar-refractivity contribution is 5.80. The van der Waals surface area contributed by atoms with Gasteiger partial charge >= 0.3 is 0 Å². The first-order chi connectivity index (χ1) is 11.3. The summed E-state index contributed by atoms with van der Waals surface area (Å²) in [6.45, 7) is 2.07. The molecule has 4 rings (SSSR count). The third kappa shape index (κ3) is 2.29. The van der Waals surface area contributed by atoms with Gasteiger partial charge in [0.2, 0.25) is 5.91 Å². The van der Waals surface area contributed by atoms with Gasteiger partial charge in [-0.05, 0) is 31.0 Å². The Labute approximate surface area is 134 Å². The zero-order chi connectivity index (χ0) is 15.8. The number of aromatic nitrogens is 3. The maximum atomic E-state index is 12.5. The van der Waals surface area contributed by atoms with E-state index in [1.54, 1.807) is 0 Å². The minimum atomic E-state index is -0.0786. The fourth-order valence-corrected chi connectivity index (χ4v) is 3.40. The normalized spacial score (nSPS) is 19.4. The van der Waals surface area contributed by atoms with Crippen LogP contribution in [0.25, 0.3) is 11.0 Å². The largest absolute Gasteiger partial charge is 0.314 e. The van der Waals surface area contributed by atoms with E-state index in [0.29, 0.717) is 6.42 Å². The number of likely N-dealkylation sites (tertiary alicyclic amines) is 1. The first kappa shape index (κ1) is 13.9. The number of hydrogen-bond donors (Lipinski definition) is 0. The molecule has 1 amide bonds. The van der Waals surface area contributed by atoms with Crippen molar-refractivity contribution in [1.82, 2.24) is 19.9 Å². The third-order valence-corrected chi connectivity index (χ3v) is 4.58. The van der Waals surface area contributed by atoms with Crippen molar-refractivity contribution >= 4 is 16.9 Å². The van der Waals surface area contributed by atoms with Gasteiger partial charge in [-0.2, -0.15) is 0 Å². The van der Waals surface area contributed by atoms with Crippen molar-refractivity contribution in [3.63, 3.8) is 0 Å². The standard InChI is InChI=1S/C18H18N4O/c1-13(14-7-3-2-4-8-14)21-17(11-12-18(21)23)22-16-10-6-5-9-15(16)19-20-22/h2-10,13,17H,11-12H2,1H3/t13-,17?/m0/s1. The number of hydrogen-bond acceptors (Lipinski definition) is 3. The maximum absolute atomic E-state index is 12.5. The Morgan fingerprint density at radius 2 is 1.83 bits per heavy atom. The van der Waals surface area contributed by atoms with Crippen LogP contribution >= 0.6 is 0 Å². The molecule has 2 heterocycles. The van der Waals surface area contributed by atoms with Crippen molar-refractivity contribution in [3.8, 4) is 0 Å². The summed E-state index contributed by atoms with van der Waals surface area (Å²) >= 11 is 0. The molecule has 0 bridgehead atoms. The monoisotopic (exact) mass is 306 g/mol. The molecule has 116 valence electrons. The van der Waals surface area contributed by atoms with Crippen LogP contribution in [0.4, 0.5) is 0 Å². The Bertz CT molecular complexity index is 842. The number of fused-ring (bicyclic) bond motifs is 1. The predicted molar refractivity (Wildman–Crippen MR) is 87.5 cm³/mol. The fraction of sp³-hybridized carbons (Fsp3) is 0.278. The van der Waals surface area contributed by atoms with Gasteiger partial charge in [-0.15, -0.1) is 5.10 Å². The van der Waals surface area contributed by atoms with Gasteiger partial charge in [0.1, 0.15) is 11.7 Å². The van der Waals surface area contributed by atoms with Crippen LogP contribution in [-0.2, 0) is 4.79 Å². The van der Waals surface area contributed by atoms with E-state index in [1.165, 1.54) is 0 Å². The van der Waals surface area contributed by atoms with Gasteiger partial charge in [0.25, 0.3) is 0 Å². The number of carbonyl (C=O) groups excluding carboxylic acids is 1. The van der Waals surface area contributed by atoms with Crippen LogP contribution in [0.15, 0.2) is 54.6 Å². The molecular weight excluding hydrogens is 288 g/mol. The van der Waals surface area contributed by atoms with Crippen molar-refractivity contribution < 1.29 is 4.79 Å². The van der Waals surface area contributed by atoms with Crippen molar-refractivity contribution in [1.29, 1.82) is 0 Å². The van der Waals surface area contributed by atoms with Crippen LogP contribution in [0.5, 0.6) is 0 Å². The Morgan fingerprint density at radius 3 is 2.65 bits per heavy atom. The molecule has 1 unspecified atom stereocenters. The van der Waals surface area contributed by atoms with Crippen molar-refractivity contribution in [2.75, 3.05) is 0 Å². The second-order valence-electron chi connectivity index (χ2n) is 5.93. The van der Waals surface area contributed by atoms with E-state index in [1.807, 2.05) is 52.0 Å². The van der Waals surface area contributed by atoms with Gasteiger partial charge in [0, 0.05) is 6.42 Å². The minimum Gasteiger partial charge on any atom is -0.314 e. The molecule has 3 aromatic rings. The van der Waals surface area contributed by atoms with E-state index in [9.17, 15) is 4.79 Å². The number of benzene rings is 2. The Kier molecular flexibility index (Phi) is 3.33. The molecule has 2 aromatic carbocycles. The Hall–Kier alpha value is -2.69. The number of carbonyl (C=O) groups is 1. The fourth-order valence-electron chi connectivity index (χ4n) is 3.40. The number of para-hydroxylation sites is 1. The lowest BCUT2D eigenvalue weighted by Gasteiger charge is -2.31. The van der Waals surface area contributed by atoms with E-state index in [2.05, 4.69) is 29.4 Å². The Morgan fingerprint density at radius 1 is 1.09 bits per heavy atom. The minimum absolute atomic E-state index is 0.0131. The van der Waals surface area contributed by atoms with Crippen LogP contribution in [0.2, 0.25) is 0 Å². The van der Waals surface area contributed by atoms with Gasteiger partial charge in [-0.25, -0.2) is 4.68 Å². The molecule has 2 atom stereocenters. The Balaban J connectivity index is 1.74. The van der Waals surface area contributed by atoms with Crippen molar-refractivity contribution in [2.24, 2.45) is 0 Å². The van der Waals surface area contributed by atoms with Crippen LogP contribution < -0.4 is 0 Å². The summed E-state index contributed by atoms with van der Waals surface area (Å²) in [6.07, 6.45) is 1.24. The highest BCUT2D eigenvalue weighted by Crippen LogP contribution is 2.36. The number of rotatable bonds is 3. The van der Waals surface area contributed by atoms with E-state index in [0.717, 1.165) is 23.0 Å². The van der Waals surface area contributed by atoms with Gasteiger partial charge in [-0.3, -0.25) is 4.79 Å². The van der Waals surface area contributed by atoms with E-state index in [-0.39, 0.29) is 18.1 Å². The lowest BCUT2D eigenvalue weighted by atomic mass is 10.1. The lowest BCUT2D eigenvalue weighted by molar-refractivity contribution is -0.132. The molecule has 5 nitrogen and oxygen atoms in total. The van der Waals surface area contributed by atoms with Gasteiger partial charge < -0.3 is 4.90 Å². The first-order valence-electron chi connectivity index (χ1n) is 7.92. The average Bonchev–Trinajstić information content (AvgIpc) is 3.18. The lowest BCUT2D eigenvalue weighted by Crippen LogP contribution is -2.34. The smallest absolute Gasteiger partial charge is 0.224 e. The highest BCUT2D eigenvalue weighted by atomic mass is 16.2. The summed E-state index contributed by atoms with van der Waals surface area (Å²) < 4.78 is 1.89. The average molecular weight is 306 g/mol. The quantitative estimate of drug-likeness (QED) is 0.746. The molecule has 1 aliphatic heterocycles. The van der Waals surface area contributed by atoms with E-state index < -0.39 is 0 Å². The zero-order valence-corrected chi connectivity index (χ0v) is 13.0. The summed E-state index contributed by atoms with van der Waals surface area (Å²) in [5.74, 6) is 0.172. The zero-order valence-electron chi connectivity index (χ0n) is 13.0. The van der Waals surface area contributed by atoms with Gasteiger partial charge in [0.05, 0.1) is 11.6 Å². The molecule has 1 fully saturated rings. The predicted octanol–water partition coefficient (Wildman–Crippen LogP) is 3.31. The second-order valence-corrected chi connectivity index (χ2v) is 5.93. The summed E-state index contributed by atoms with van der Waals surface area (Å²) in [5.41, 5.74) is 2.97. The molecule has 1 saturated heterocycles. The van der Waals surface area contributed by atoms with Crippen molar-refractivity contribution in [2.45, 2.75) is 32.0 Å². The van der Waals surface area contributed by atoms with Crippen LogP contribution in [0.1, 0.15) is 37.5 Å². The molecule has 5 heteroatoms. The molecular formula is C18H18N4O. The molecule has 0 spiro atoms. The summed E-state index contributed by atoms with van der Waals surface area (Å²) in [5, 5.41) is 8.54. The molecule has 23 heavy (non-hydrogen) atoms.